The third-order valence-corrected chi connectivity index (χ3v) is 6.86. The molecule has 4 atom stereocenters. The van der Waals surface area contributed by atoms with Crippen LogP contribution in [0.15, 0.2) is 0 Å². The Bertz CT molecular complexity index is 500. The number of hydrogen-bond donors (Lipinski definition) is 10. The molecule has 0 aliphatic carbocycles. The topological polar surface area (TPSA) is 72.2 Å². The van der Waals surface area contributed by atoms with Crippen LogP contribution in [-0.2, 0) is 0 Å². The SMILES string of the molecule is CCNC[C@@](F)(CS)NC[C@](F)(CS)NCCCNC[C@@](F)(CS)NC[C@](F)(CS)NC. The molecule has 0 aliphatic rings. The molecule has 0 heterocycles. The van der Waals surface area contributed by atoms with Gasteiger partial charge in [0.1, 0.15) is 0 Å². The number of halogens is 4. The molecule has 32 heavy (non-hydrogen) atoms. The first kappa shape index (κ1) is 32.9. The molecule has 0 aromatic carbocycles. The van der Waals surface area contributed by atoms with Crippen LogP contribution < -0.4 is 31.9 Å². The van der Waals surface area contributed by atoms with Crippen molar-refractivity contribution in [2.75, 3.05) is 75.9 Å². The van der Waals surface area contributed by atoms with Gasteiger partial charge in [0.2, 0.25) is 0 Å². The molecule has 0 amide bonds. The molecule has 194 valence electrons. The van der Waals surface area contributed by atoms with E-state index in [0.29, 0.717) is 19.5 Å². The third-order valence-electron chi connectivity index (χ3n) is 4.85. The van der Waals surface area contributed by atoms with Gasteiger partial charge in [-0.2, -0.15) is 50.5 Å². The first-order valence-electron chi connectivity index (χ1n) is 10.5. The fourth-order valence-corrected chi connectivity index (χ4v) is 3.42. The second-order valence-corrected chi connectivity index (χ2v) is 8.95. The number of thiol groups is 4. The van der Waals surface area contributed by atoms with Gasteiger partial charge in [-0.25, -0.2) is 17.6 Å². The Balaban J connectivity index is 4.36. The van der Waals surface area contributed by atoms with E-state index in [1.807, 2.05) is 6.92 Å². The summed E-state index contributed by atoms with van der Waals surface area (Å²) in [6.45, 7) is 2.42. The molecule has 0 aromatic heterocycles. The second-order valence-electron chi connectivity index (χ2n) is 7.69. The van der Waals surface area contributed by atoms with Gasteiger partial charge in [-0.3, -0.25) is 21.3 Å². The number of hydrogen-bond acceptors (Lipinski definition) is 10. The minimum Gasteiger partial charge on any atom is -0.313 e. The van der Waals surface area contributed by atoms with Crippen LogP contribution in [0.5, 0.6) is 0 Å². The molecule has 0 rings (SSSR count). The van der Waals surface area contributed by atoms with Gasteiger partial charge in [0.05, 0.1) is 0 Å². The van der Waals surface area contributed by atoms with Gasteiger partial charge in [0.25, 0.3) is 0 Å². The molecular weight excluding hydrogens is 505 g/mol. The maximum Gasteiger partial charge on any atom is 0.183 e. The zero-order chi connectivity index (χ0) is 24.7. The molecule has 0 unspecified atom stereocenters. The Labute approximate surface area is 212 Å². The van der Waals surface area contributed by atoms with E-state index in [0.717, 1.165) is 0 Å². The standard InChI is InChI=1S/C18H40F4N6S4/c1-3-24-7-16(20,12-30)28-10-18(22,14-32)26-6-4-5-25-8-17(21,13-31)27-9-15(19,11-29)23-2/h23-32H,3-14H2,1-2H3/t15-,16+,17+,18-/m1/s1. The first-order valence-corrected chi connectivity index (χ1v) is 13.1. The van der Waals surface area contributed by atoms with Crippen LogP contribution in [0.1, 0.15) is 13.3 Å². The summed E-state index contributed by atoms with van der Waals surface area (Å²) < 4.78 is 58.6. The van der Waals surface area contributed by atoms with Crippen LogP contribution in [0, 0.1) is 0 Å². The van der Waals surface area contributed by atoms with E-state index in [1.54, 1.807) is 0 Å². The lowest BCUT2D eigenvalue weighted by molar-refractivity contribution is 0.0797. The molecule has 0 saturated carbocycles. The maximum absolute atomic E-state index is 14.9. The average molecular weight is 545 g/mol. The Hall–Kier alpha value is 0.880. The molecule has 0 saturated heterocycles. The van der Waals surface area contributed by atoms with Crippen molar-refractivity contribution >= 4 is 50.5 Å². The van der Waals surface area contributed by atoms with E-state index in [2.05, 4.69) is 82.4 Å². The lowest BCUT2D eigenvalue weighted by Gasteiger charge is -2.32. The smallest absolute Gasteiger partial charge is 0.183 e. The summed E-state index contributed by atoms with van der Waals surface area (Å²) in [5.74, 6) is -8.06. The normalized spacial score (nSPS) is 19.7. The lowest BCUT2D eigenvalue weighted by Crippen LogP contribution is -2.59. The van der Waals surface area contributed by atoms with E-state index in [4.69, 9.17) is 0 Å². The third kappa shape index (κ3) is 13.1. The van der Waals surface area contributed by atoms with Crippen molar-refractivity contribution in [3.8, 4) is 0 Å². The van der Waals surface area contributed by atoms with Gasteiger partial charge in [-0.05, 0) is 33.1 Å². The zero-order valence-corrected chi connectivity index (χ0v) is 22.4. The van der Waals surface area contributed by atoms with Crippen molar-refractivity contribution < 1.29 is 17.6 Å². The summed E-state index contributed by atoms with van der Waals surface area (Å²) in [6, 6.07) is 0. The van der Waals surface area contributed by atoms with Crippen LogP contribution in [0.3, 0.4) is 0 Å². The van der Waals surface area contributed by atoms with Crippen LogP contribution in [0.25, 0.3) is 0 Å². The Morgan fingerprint density at radius 3 is 1.47 bits per heavy atom. The summed E-state index contributed by atoms with van der Waals surface area (Å²) >= 11 is 16.0. The molecule has 0 spiro atoms. The average Bonchev–Trinajstić information content (AvgIpc) is 2.82. The maximum atomic E-state index is 14.9. The molecule has 0 bridgehead atoms. The molecule has 0 aromatic rings. The molecule has 6 N–H and O–H groups in total. The summed E-state index contributed by atoms with van der Waals surface area (Å²) in [5, 5.41) is 16.1. The van der Waals surface area contributed by atoms with E-state index in [-0.39, 0.29) is 55.7 Å². The molecule has 14 heteroatoms. The lowest BCUT2D eigenvalue weighted by atomic mass is 10.2. The highest BCUT2D eigenvalue weighted by Crippen LogP contribution is 2.15. The molecule has 0 aliphatic heterocycles. The van der Waals surface area contributed by atoms with Crippen molar-refractivity contribution in [2.45, 2.75) is 36.5 Å². The van der Waals surface area contributed by atoms with E-state index in [1.165, 1.54) is 7.05 Å². The highest BCUT2D eigenvalue weighted by molar-refractivity contribution is 7.80. The quantitative estimate of drug-likeness (QED) is 0.0460. The Kier molecular flexibility index (Phi) is 17.0. The number of nitrogens with one attached hydrogen (secondary N) is 6. The molecule has 0 fully saturated rings. The van der Waals surface area contributed by atoms with Crippen LogP contribution in [0.4, 0.5) is 17.6 Å². The fourth-order valence-electron chi connectivity index (χ4n) is 2.48. The van der Waals surface area contributed by atoms with Gasteiger partial charge >= 0.3 is 0 Å². The predicted molar refractivity (Wildman–Crippen MR) is 140 cm³/mol. The fraction of sp³-hybridized carbons (Fsp3) is 1.00. The number of likely N-dealkylation sites (N-methyl/N-ethyl adjacent to an activating group) is 2. The number of alkyl halides is 4. The zero-order valence-electron chi connectivity index (χ0n) is 18.8. The van der Waals surface area contributed by atoms with Crippen molar-refractivity contribution in [1.82, 2.24) is 31.9 Å². The van der Waals surface area contributed by atoms with Gasteiger partial charge in [0.15, 0.2) is 23.2 Å². The van der Waals surface area contributed by atoms with Gasteiger partial charge in [-0.15, -0.1) is 0 Å². The largest absolute Gasteiger partial charge is 0.313 e. The van der Waals surface area contributed by atoms with Crippen molar-refractivity contribution in [2.24, 2.45) is 0 Å². The number of rotatable bonds is 21. The van der Waals surface area contributed by atoms with E-state index in [9.17, 15) is 17.6 Å². The van der Waals surface area contributed by atoms with Crippen molar-refractivity contribution in [3.05, 3.63) is 0 Å². The summed E-state index contributed by atoms with van der Waals surface area (Å²) in [7, 11) is 1.43. The monoisotopic (exact) mass is 544 g/mol. The minimum absolute atomic E-state index is 0.00949. The van der Waals surface area contributed by atoms with Gasteiger partial charge in [0, 0.05) is 49.2 Å². The minimum atomic E-state index is -1.92. The highest BCUT2D eigenvalue weighted by atomic mass is 32.1. The van der Waals surface area contributed by atoms with Crippen molar-refractivity contribution in [3.63, 3.8) is 0 Å². The molecule has 6 nitrogen and oxygen atoms in total. The van der Waals surface area contributed by atoms with Crippen molar-refractivity contribution in [1.29, 1.82) is 0 Å². The van der Waals surface area contributed by atoms with Crippen LogP contribution in [0.2, 0.25) is 0 Å². The molecular formula is C18H40F4N6S4. The second kappa shape index (κ2) is 16.5. The highest BCUT2D eigenvalue weighted by Gasteiger charge is 2.35. The first-order chi connectivity index (χ1) is 15.0. The summed E-state index contributed by atoms with van der Waals surface area (Å²) in [6.07, 6.45) is 0.479. The molecule has 0 radical (unpaired) electrons. The summed E-state index contributed by atoms with van der Waals surface area (Å²) in [4.78, 5) is 0. The Morgan fingerprint density at radius 1 is 0.594 bits per heavy atom. The predicted octanol–water partition coefficient (Wildman–Crippen LogP) is 0.946. The van der Waals surface area contributed by atoms with Gasteiger partial charge < -0.3 is 10.6 Å². The Morgan fingerprint density at radius 2 is 1.03 bits per heavy atom. The summed E-state index contributed by atoms with van der Waals surface area (Å²) in [5.41, 5.74) is 0. The van der Waals surface area contributed by atoms with E-state index < -0.39 is 23.2 Å². The van der Waals surface area contributed by atoms with Crippen LogP contribution >= 0.6 is 50.5 Å². The van der Waals surface area contributed by atoms with Gasteiger partial charge in [-0.1, -0.05) is 6.92 Å². The van der Waals surface area contributed by atoms with E-state index >= 15 is 0 Å². The van der Waals surface area contributed by atoms with Crippen LogP contribution in [-0.4, -0.2) is 99.0 Å².